The summed E-state index contributed by atoms with van der Waals surface area (Å²) in [7, 11) is -0.586. The van der Waals surface area contributed by atoms with E-state index < -0.39 is 27.7 Å². The maximum absolute atomic E-state index is 14.0. The van der Waals surface area contributed by atoms with Crippen LogP contribution in [0.1, 0.15) is 24.1 Å². The van der Waals surface area contributed by atoms with Crippen molar-refractivity contribution < 1.29 is 21.9 Å². The first-order valence-electron chi connectivity index (χ1n) is 9.26. The van der Waals surface area contributed by atoms with E-state index in [-0.39, 0.29) is 18.0 Å². The predicted octanol–water partition coefficient (Wildman–Crippen LogP) is 2.32. The van der Waals surface area contributed by atoms with E-state index in [9.17, 15) is 17.2 Å². The van der Waals surface area contributed by atoms with Gasteiger partial charge in [-0.05, 0) is 30.7 Å². The Morgan fingerprint density at radius 3 is 2.63 bits per heavy atom. The Balaban J connectivity index is 2.01. The number of halogens is 2. The summed E-state index contributed by atoms with van der Waals surface area (Å²) >= 11 is 0. The molecule has 0 aliphatic heterocycles. The van der Waals surface area contributed by atoms with Gasteiger partial charge in [0.25, 0.3) is 0 Å². The second-order valence-electron chi connectivity index (χ2n) is 6.50. The third kappa shape index (κ3) is 6.75. The molecule has 1 unspecified atom stereocenters. The Morgan fingerprint density at radius 2 is 1.97 bits per heavy atom. The fourth-order valence-corrected chi connectivity index (χ4v) is 3.78. The number of ether oxygens (including phenoxy) is 1. The van der Waals surface area contributed by atoms with Gasteiger partial charge >= 0.3 is 0 Å². The van der Waals surface area contributed by atoms with E-state index in [1.807, 2.05) is 0 Å². The van der Waals surface area contributed by atoms with Crippen molar-refractivity contribution in [3.8, 4) is 0 Å². The molecule has 2 rings (SSSR count). The molecule has 0 heterocycles. The van der Waals surface area contributed by atoms with Crippen LogP contribution in [0.3, 0.4) is 0 Å². The Kier molecular flexibility index (Phi) is 8.70. The molecular formula is C20H26F2N4O3S. The Hall–Kier alpha value is -2.56. The van der Waals surface area contributed by atoms with Crippen molar-refractivity contribution in [2.45, 2.75) is 24.4 Å². The number of rotatable bonds is 9. The van der Waals surface area contributed by atoms with Crippen LogP contribution in [0.4, 0.5) is 8.78 Å². The number of nitrogens with zero attached hydrogens (tertiary/aromatic N) is 1. The van der Waals surface area contributed by atoms with Crippen LogP contribution in [0.2, 0.25) is 0 Å². The summed E-state index contributed by atoms with van der Waals surface area (Å²) in [5, 5.41) is 6.08. The highest BCUT2D eigenvalue weighted by Gasteiger charge is 2.15. The number of hydrogen-bond donors (Lipinski definition) is 3. The summed E-state index contributed by atoms with van der Waals surface area (Å²) in [4.78, 5) is 4.23. The third-order valence-corrected chi connectivity index (χ3v) is 5.73. The molecule has 2 aromatic rings. The maximum atomic E-state index is 14.0. The number of guanidine groups is 1. The van der Waals surface area contributed by atoms with E-state index in [0.29, 0.717) is 23.6 Å². The lowest BCUT2D eigenvalue weighted by atomic mass is 10.1. The van der Waals surface area contributed by atoms with Gasteiger partial charge in [0.05, 0.1) is 17.5 Å². The fraction of sp³-hybridized carbons (Fsp3) is 0.350. The second kappa shape index (κ2) is 11.0. The normalized spacial score (nSPS) is 13.2. The molecule has 0 spiro atoms. The van der Waals surface area contributed by atoms with Crippen LogP contribution >= 0.6 is 0 Å². The Labute approximate surface area is 175 Å². The van der Waals surface area contributed by atoms with Crippen LogP contribution in [0.5, 0.6) is 0 Å². The Morgan fingerprint density at radius 1 is 1.20 bits per heavy atom. The maximum Gasteiger partial charge on any atom is 0.240 e. The number of aliphatic imine (C=N–C) groups is 1. The van der Waals surface area contributed by atoms with E-state index in [1.54, 1.807) is 32.2 Å². The van der Waals surface area contributed by atoms with Crippen LogP contribution in [0.25, 0.3) is 0 Å². The van der Waals surface area contributed by atoms with Crippen molar-refractivity contribution in [3.05, 3.63) is 65.2 Å². The van der Waals surface area contributed by atoms with Crippen molar-refractivity contribution in [3.63, 3.8) is 0 Å². The standard InChI is InChI=1S/C20H26F2N4O3S/c1-14(18-8-7-16(21)12-19(18)22)26-20(23-2)24-13-15-5-4-6-17(11-15)30(27,28)25-9-10-29-3/h4-8,11-12,14,25H,9-10,13H2,1-3H3,(H2,23,24,26). The highest BCUT2D eigenvalue weighted by molar-refractivity contribution is 7.89. The van der Waals surface area contributed by atoms with Gasteiger partial charge in [0.15, 0.2) is 5.96 Å². The highest BCUT2D eigenvalue weighted by Crippen LogP contribution is 2.17. The molecule has 0 radical (unpaired) electrons. The summed E-state index contributed by atoms with van der Waals surface area (Å²) in [6.45, 7) is 2.47. The minimum Gasteiger partial charge on any atom is -0.383 e. The minimum atomic E-state index is -3.64. The van der Waals surface area contributed by atoms with Gasteiger partial charge in [0.2, 0.25) is 10.0 Å². The predicted molar refractivity (Wildman–Crippen MR) is 112 cm³/mol. The van der Waals surface area contributed by atoms with Crippen molar-refractivity contribution in [2.75, 3.05) is 27.3 Å². The highest BCUT2D eigenvalue weighted by atomic mass is 32.2. The van der Waals surface area contributed by atoms with Gasteiger partial charge in [-0.25, -0.2) is 21.9 Å². The van der Waals surface area contributed by atoms with Crippen molar-refractivity contribution >= 4 is 16.0 Å². The summed E-state index contributed by atoms with van der Waals surface area (Å²) in [5.41, 5.74) is 1.02. The van der Waals surface area contributed by atoms with Crippen molar-refractivity contribution in [2.24, 2.45) is 4.99 Å². The Bertz CT molecular complexity index is 984. The number of nitrogens with one attached hydrogen (secondary N) is 3. The average Bonchev–Trinajstić information content (AvgIpc) is 2.71. The molecule has 7 nitrogen and oxygen atoms in total. The molecule has 0 amide bonds. The van der Waals surface area contributed by atoms with Crippen LogP contribution in [0.15, 0.2) is 52.4 Å². The molecule has 0 saturated heterocycles. The molecule has 0 aliphatic carbocycles. The lowest BCUT2D eigenvalue weighted by Gasteiger charge is -2.19. The summed E-state index contributed by atoms with van der Waals surface area (Å²) in [6.07, 6.45) is 0. The lowest BCUT2D eigenvalue weighted by Crippen LogP contribution is -2.38. The van der Waals surface area contributed by atoms with E-state index in [2.05, 4.69) is 20.3 Å². The summed E-state index contributed by atoms with van der Waals surface area (Å²) in [5.74, 6) is -0.903. The zero-order chi connectivity index (χ0) is 22.1. The molecule has 0 saturated carbocycles. The average molecular weight is 441 g/mol. The molecule has 10 heteroatoms. The summed E-state index contributed by atoms with van der Waals surface area (Å²) < 4.78 is 59.0. The van der Waals surface area contributed by atoms with E-state index in [1.165, 1.54) is 25.3 Å². The minimum absolute atomic E-state index is 0.141. The zero-order valence-corrected chi connectivity index (χ0v) is 17.9. The number of benzene rings is 2. The third-order valence-electron chi connectivity index (χ3n) is 4.27. The molecular weight excluding hydrogens is 414 g/mol. The molecule has 3 N–H and O–H groups in total. The van der Waals surface area contributed by atoms with E-state index in [0.717, 1.165) is 6.07 Å². The van der Waals surface area contributed by atoms with Crippen LogP contribution < -0.4 is 15.4 Å². The quantitative estimate of drug-likeness (QED) is 0.316. The molecule has 30 heavy (non-hydrogen) atoms. The first-order valence-corrected chi connectivity index (χ1v) is 10.7. The largest absolute Gasteiger partial charge is 0.383 e. The molecule has 0 fully saturated rings. The fourth-order valence-electron chi connectivity index (χ4n) is 2.70. The smallest absolute Gasteiger partial charge is 0.240 e. The zero-order valence-electron chi connectivity index (χ0n) is 17.1. The SMILES string of the molecule is CN=C(NCc1cccc(S(=O)(=O)NCCOC)c1)NC(C)c1ccc(F)cc1F. The van der Waals surface area contributed by atoms with Gasteiger partial charge in [-0.3, -0.25) is 4.99 Å². The van der Waals surface area contributed by atoms with Crippen LogP contribution in [0, 0.1) is 11.6 Å². The van der Waals surface area contributed by atoms with Crippen LogP contribution in [-0.2, 0) is 21.3 Å². The monoisotopic (exact) mass is 440 g/mol. The van der Waals surface area contributed by atoms with Crippen molar-refractivity contribution in [1.82, 2.24) is 15.4 Å². The van der Waals surface area contributed by atoms with Gasteiger partial charge in [0.1, 0.15) is 11.6 Å². The first-order chi connectivity index (χ1) is 14.3. The number of sulfonamides is 1. The van der Waals surface area contributed by atoms with Crippen molar-refractivity contribution in [1.29, 1.82) is 0 Å². The van der Waals surface area contributed by atoms with Gasteiger partial charge in [0, 0.05) is 38.9 Å². The lowest BCUT2D eigenvalue weighted by molar-refractivity contribution is 0.204. The molecule has 0 aromatic heterocycles. The number of methoxy groups -OCH3 is 1. The van der Waals surface area contributed by atoms with E-state index in [4.69, 9.17) is 4.74 Å². The molecule has 1 atom stereocenters. The first kappa shape index (κ1) is 23.7. The summed E-state index contributed by atoms with van der Waals surface area (Å²) in [6, 6.07) is 9.42. The second-order valence-corrected chi connectivity index (χ2v) is 8.26. The molecule has 164 valence electrons. The number of hydrogen-bond acceptors (Lipinski definition) is 4. The van der Waals surface area contributed by atoms with Gasteiger partial charge in [-0.15, -0.1) is 0 Å². The molecule has 0 aliphatic rings. The van der Waals surface area contributed by atoms with Crippen LogP contribution in [-0.4, -0.2) is 41.7 Å². The molecule has 0 bridgehead atoms. The van der Waals surface area contributed by atoms with Gasteiger partial charge in [-0.1, -0.05) is 18.2 Å². The van der Waals surface area contributed by atoms with E-state index >= 15 is 0 Å². The van der Waals surface area contributed by atoms with Gasteiger partial charge < -0.3 is 15.4 Å². The van der Waals surface area contributed by atoms with Gasteiger partial charge in [-0.2, -0.15) is 0 Å². The molecule has 2 aromatic carbocycles. The topological polar surface area (TPSA) is 91.8 Å².